The van der Waals surface area contributed by atoms with Crippen molar-refractivity contribution < 1.29 is 23.8 Å². The molecular weight excluding hydrogens is 418 g/mol. The van der Waals surface area contributed by atoms with Crippen molar-refractivity contribution in [3.05, 3.63) is 82.6 Å². The Kier molecular flexibility index (Phi) is 7.15. The smallest absolute Gasteiger partial charge is 0.330 e. The summed E-state index contributed by atoms with van der Waals surface area (Å²) in [6.07, 6.45) is 4.73. The van der Waals surface area contributed by atoms with Gasteiger partial charge in [-0.2, -0.15) is 0 Å². The van der Waals surface area contributed by atoms with Crippen molar-refractivity contribution in [3.8, 4) is 17.2 Å². The third-order valence-electron chi connectivity index (χ3n) is 4.57. The zero-order chi connectivity index (χ0) is 22.4. The largest absolute Gasteiger partial charge is 0.493 e. The molecule has 1 aromatic heterocycles. The molecule has 0 atom stereocenters. The van der Waals surface area contributed by atoms with Crippen LogP contribution in [0.4, 0.5) is 0 Å². The van der Waals surface area contributed by atoms with Crippen LogP contribution in [-0.4, -0.2) is 37.1 Å². The van der Waals surface area contributed by atoms with Crippen molar-refractivity contribution >= 4 is 29.4 Å². The van der Waals surface area contributed by atoms with E-state index >= 15 is 0 Å². The molecule has 7 heteroatoms. The number of hydrogen-bond acceptors (Lipinski definition) is 5. The molecule has 0 aliphatic carbocycles. The standard InChI is InChI=1S/C24H22ClNO5/c1-4-31-24-18(8-5-9-21(24)29-2)23(28)19-15-16(25)10-12-20(19)26-14-6-7-17(26)11-13-22(27)30-3/h5-15H,4H2,1-3H3/b13-11+. The quantitative estimate of drug-likeness (QED) is 0.282. The van der Waals surface area contributed by atoms with E-state index in [2.05, 4.69) is 4.74 Å². The van der Waals surface area contributed by atoms with Gasteiger partial charge in [0, 0.05) is 28.6 Å². The summed E-state index contributed by atoms with van der Waals surface area (Å²) in [5.41, 5.74) is 2.04. The highest BCUT2D eigenvalue weighted by Crippen LogP contribution is 2.34. The molecule has 0 radical (unpaired) electrons. The van der Waals surface area contributed by atoms with Crippen molar-refractivity contribution in [2.24, 2.45) is 0 Å². The highest BCUT2D eigenvalue weighted by atomic mass is 35.5. The molecule has 160 valence electrons. The summed E-state index contributed by atoms with van der Waals surface area (Å²) < 4.78 is 17.5. The second-order valence-corrected chi connectivity index (χ2v) is 6.86. The first-order valence-electron chi connectivity index (χ1n) is 9.58. The molecule has 0 amide bonds. The van der Waals surface area contributed by atoms with Gasteiger partial charge in [-0.05, 0) is 55.5 Å². The van der Waals surface area contributed by atoms with E-state index in [1.165, 1.54) is 20.3 Å². The summed E-state index contributed by atoms with van der Waals surface area (Å²) in [6.45, 7) is 2.22. The summed E-state index contributed by atoms with van der Waals surface area (Å²) in [6, 6.07) is 13.9. The molecule has 0 saturated heterocycles. The summed E-state index contributed by atoms with van der Waals surface area (Å²) in [7, 11) is 2.84. The topological polar surface area (TPSA) is 66.8 Å². The minimum absolute atomic E-state index is 0.267. The Hall–Kier alpha value is -3.51. The number of carbonyl (C=O) groups excluding carboxylic acids is 2. The molecule has 3 rings (SSSR count). The Morgan fingerprint density at radius 1 is 1.06 bits per heavy atom. The van der Waals surface area contributed by atoms with Gasteiger partial charge >= 0.3 is 5.97 Å². The first-order chi connectivity index (χ1) is 15.0. The summed E-state index contributed by atoms with van der Waals surface area (Å²) >= 11 is 6.24. The molecular formula is C24H22ClNO5. The Bertz CT molecular complexity index is 1130. The highest BCUT2D eigenvalue weighted by Gasteiger charge is 2.22. The Balaban J connectivity index is 2.13. The lowest BCUT2D eigenvalue weighted by Gasteiger charge is -2.16. The maximum atomic E-state index is 13.6. The maximum absolute atomic E-state index is 13.6. The van der Waals surface area contributed by atoms with Crippen LogP contribution >= 0.6 is 11.6 Å². The molecule has 3 aromatic rings. The van der Waals surface area contributed by atoms with Gasteiger partial charge in [-0.15, -0.1) is 0 Å². The number of carbonyl (C=O) groups is 2. The van der Waals surface area contributed by atoms with Crippen LogP contribution in [0.2, 0.25) is 5.02 Å². The number of nitrogens with zero attached hydrogens (tertiary/aromatic N) is 1. The molecule has 0 bridgehead atoms. The van der Waals surface area contributed by atoms with E-state index in [0.29, 0.717) is 45.6 Å². The number of benzene rings is 2. The number of aromatic nitrogens is 1. The predicted octanol–water partition coefficient (Wildman–Crippen LogP) is 4.96. The average Bonchev–Trinajstić information content (AvgIpc) is 3.25. The fraction of sp³-hybridized carbons (Fsp3) is 0.167. The summed E-state index contributed by atoms with van der Waals surface area (Å²) in [5, 5.41) is 0.423. The van der Waals surface area contributed by atoms with Crippen LogP contribution < -0.4 is 9.47 Å². The lowest BCUT2D eigenvalue weighted by atomic mass is 10.00. The third-order valence-corrected chi connectivity index (χ3v) is 4.80. The average molecular weight is 440 g/mol. The van der Waals surface area contributed by atoms with Crippen LogP contribution in [0.1, 0.15) is 28.5 Å². The molecule has 0 aliphatic heterocycles. The number of para-hydroxylation sites is 1. The van der Waals surface area contributed by atoms with Crippen LogP contribution in [0, 0.1) is 0 Å². The first kappa shape index (κ1) is 22.2. The fourth-order valence-electron chi connectivity index (χ4n) is 3.16. The van der Waals surface area contributed by atoms with Gasteiger partial charge in [-0.3, -0.25) is 4.79 Å². The van der Waals surface area contributed by atoms with E-state index in [1.807, 2.05) is 19.1 Å². The van der Waals surface area contributed by atoms with Crippen molar-refractivity contribution in [3.63, 3.8) is 0 Å². The number of halogens is 1. The predicted molar refractivity (Wildman–Crippen MR) is 119 cm³/mol. The second-order valence-electron chi connectivity index (χ2n) is 6.42. The van der Waals surface area contributed by atoms with Crippen molar-refractivity contribution in [1.82, 2.24) is 4.57 Å². The number of ketones is 1. The lowest BCUT2D eigenvalue weighted by Crippen LogP contribution is -2.11. The first-order valence-corrected chi connectivity index (χ1v) is 9.95. The van der Waals surface area contributed by atoms with E-state index < -0.39 is 5.97 Å². The monoisotopic (exact) mass is 439 g/mol. The molecule has 31 heavy (non-hydrogen) atoms. The Morgan fingerprint density at radius 3 is 2.58 bits per heavy atom. The van der Waals surface area contributed by atoms with Crippen molar-refractivity contribution in [1.29, 1.82) is 0 Å². The lowest BCUT2D eigenvalue weighted by molar-refractivity contribution is -0.134. The van der Waals surface area contributed by atoms with Crippen molar-refractivity contribution in [2.75, 3.05) is 20.8 Å². The third kappa shape index (κ3) is 4.81. The summed E-state index contributed by atoms with van der Waals surface area (Å²) in [4.78, 5) is 25.1. The van der Waals surface area contributed by atoms with Gasteiger partial charge in [0.05, 0.1) is 32.1 Å². The number of esters is 1. The van der Waals surface area contributed by atoms with Gasteiger partial charge in [-0.25, -0.2) is 4.79 Å². The van der Waals surface area contributed by atoms with E-state index in [1.54, 1.807) is 53.2 Å². The van der Waals surface area contributed by atoms with Crippen LogP contribution in [0.5, 0.6) is 11.5 Å². The molecule has 1 heterocycles. The maximum Gasteiger partial charge on any atom is 0.330 e. The molecule has 2 aromatic carbocycles. The second kappa shape index (κ2) is 10.00. The minimum atomic E-state index is -0.474. The van der Waals surface area contributed by atoms with Gasteiger partial charge in [0.1, 0.15) is 0 Å². The van der Waals surface area contributed by atoms with Gasteiger partial charge in [0.2, 0.25) is 0 Å². The van der Waals surface area contributed by atoms with Gasteiger partial charge in [0.25, 0.3) is 0 Å². The van der Waals surface area contributed by atoms with E-state index in [-0.39, 0.29) is 5.78 Å². The molecule has 0 spiro atoms. The van der Waals surface area contributed by atoms with Crippen LogP contribution in [-0.2, 0) is 9.53 Å². The van der Waals surface area contributed by atoms with Gasteiger partial charge < -0.3 is 18.8 Å². The number of methoxy groups -OCH3 is 2. The highest BCUT2D eigenvalue weighted by molar-refractivity contribution is 6.31. The van der Waals surface area contributed by atoms with Crippen molar-refractivity contribution in [2.45, 2.75) is 6.92 Å². The fourth-order valence-corrected chi connectivity index (χ4v) is 3.34. The Labute approximate surface area is 185 Å². The molecule has 6 nitrogen and oxygen atoms in total. The van der Waals surface area contributed by atoms with E-state index in [9.17, 15) is 9.59 Å². The zero-order valence-corrected chi connectivity index (χ0v) is 18.2. The van der Waals surface area contributed by atoms with Crippen LogP contribution in [0.25, 0.3) is 11.8 Å². The number of rotatable bonds is 8. The van der Waals surface area contributed by atoms with Gasteiger partial charge in [0.15, 0.2) is 17.3 Å². The number of ether oxygens (including phenoxy) is 3. The molecule has 0 N–H and O–H groups in total. The SMILES string of the molecule is CCOc1c(OC)cccc1C(=O)c1cc(Cl)ccc1-n1cccc1/C=C/C(=O)OC. The van der Waals surface area contributed by atoms with Crippen LogP contribution in [0.15, 0.2) is 60.8 Å². The minimum Gasteiger partial charge on any atom is -0.493 e. The van der Waals surface area contributed by atoms with Gasteiger partial charge in [-0.1, -0.05) is 17.7 Å². The Morgan fingerprint density at radius 2 is 1.87 bits per heavy atom. The summed E-state index contributed by atoms with van der Waals surface area (Å²) in [5.74, 6) is 0.107. The molecule has 0 unspecified atom stereocenters. The normalized spacial score (nSPS) is 10.8. The van der Waals surface area contributed by atoms with E-state index in [4.69, 9.17) is 21.1 Å². The molecule has 0 fully saturated rings. The number of hydrogen-bond donors (Lipinski definition) is 0. The van der Waals surface area contributed by atoms with Crippen LogP contribution in [0.3, 0.4) is 0 Å². The molecule has 0 saturated carbocycles. The molecule has 0 aliphatic rings. The van der Waals surface area contributed by atoms with E-state index in [0.717, 1.165) is 0 Å². The zero-order valence-electron chi connectivity index (χ0n) is 17.4.